The molecule has 0 amide bonds. The van der Waals surface area contributed by atoms with Crippen molar-refractivity contribution in [3.8, 4) is 0 Å². The molecule has 0 bridgehead atoms. The van der Waals surface area contributed by atoms with Crippen molar-refractivity contribution in [2.75, 3.05) is 0 Å². The number of carboxylic acid groups (broad SMARTS) is 1. The van der Waals surface area contributed by atoms with Gasteiger partial charge in [-0.05, 0) is 37.3 Å². The first kappa shape index (κ1) is 14.8. The summed E-state index contributed by atoms with van der Waals surface area (Å²) in [6, 6.07) is 7.67. The van der Waals surface area contributed by atoms with Gasteiger partial charge in [-0.15, -0.1) is 0 Å². The topological polar surface area (TPSA) is 54.4 Å². The number of carboxylic acids is 1. The Labute approximate surface area is 120 Å². The molecular weight excluding hydrogens is 252 g/mol. The molecule has 1 saturated carbocycles. The van der Waals surface area contributed by atoms with E-state index in [0.717, 1.165) is 49.7 Å². The summed E-state index contributed by atoms with van der Waals surface area (Å²) < 4.78 is 0. The van der Waals surface area contributed by atoms with Crippen molar-refractivity contribution in [1.29, 1.82) is 0 Å². The van der Waals surface area contributed by atoms with Gasteiger partial charge in [0.05, 0.1) is 5.92 Å². The smallest absolute Gasteiger partial charge is 0.310 e. The van der Waals surface area contributed by atoms with Gasteiger partial charge in [-0.3, -0.25) is 9.59 Å². The first-order valence-corrected chi connectivity index (χ1v) is 7.42. The second kappa shape index (κ2) is 6.69. The van der Waals surface area contributed by atoms with E-state index < -0.39 is 11.9 Å². The normalized spacial score (nSPS) is 21.2. The minimum atomic E-state index is -0.809. The van der Waals surface area contributed by atoms with Crippen molar-refractivity contribution in [2.24, 2.45) is 5.92 Å². The zero-order valence-corrected chi connectivity index (χ0v) is 12.0. The Kier molecular flexibility index (Phi) is 4.94. The van der Waals surface area contributed by atoms with E-state index in [2.05, 4.69) is 0 Å². The van der Waals surface area contributed by atoms with Gasteiger partial charge < -0.3 is 5.11 Å². The van der Waals surface area contributed by atoms with Crippen LogP contribution >= 0.6 is 0 Å². The fraction of sp³-hybridized carbons (Fsp3) is 0.529. The lowest BCUT2D eigenvalue weighted by molar-refractivity contribution is -0.138. The monoisotopic (exact) mass is 274 g/mol. The number of Topliss-reactive ketones (excluding diaryl/α,β-unsaturated/α-hetero) is 1. The van der Waals surface area contributed by atoms with Crippen LogP contribution in [0.4, 0.5) is 0 Å². The van der Waals surface area contributed by atoms with Crippen LogP contribution in [0.15, 0.2) is 24.3 Å². The number of carbonyl (C=O) groups is 2. The third-order valence-electron chi connectivity index (χ3n) is 4.26. The van der Waals surface area contributed by atoms with Gasteiger partial charge in [0.15, 0.2) is 0 Å². The van der Waals surface area contributed by atoms with Crippen molar-refractivity contribution in [1.82, 2.24) is 0 Å². The fourth-order valence-corrected chi connectivity index (χ4v) is 2.82. The van der Waals surface area contributed by atoms with Crippen LogP contribution in [0.2, 0.25) is 0 Å². The first-order chi connectivity index (χ1) is 9.58. The van der Waals surface area contributed by atoms with Crippen molar-refractivity contribution >= 4 is 11.8 Å². The molecule has 1 N–H and O–H groups in total. The summed E-state index contributed by atoms with van der Waals surface area (Å²) in [6.45, 7) is 1.69. The minimum absolute atomic E-state index is 0.153. The van der Waals surface area contributed by atoms with Gasteiger partial charge in [-0.2, -0.15) is 0 Å². The molecule has 0 aliphatic heterocycles. The summed E-state index contributed by atoms with van der Waals surface area (Å²) in [5.41, 5.74) is 1.94. The molecule has 108 valence electrons. The molecule has 1 aliphatic carbocycles. The lowest BCUT2D eigenvalue weighted by atomic mass is 9.90. The summed E-state index contributed by atoms with van der Waals surface area (Å²) in [4.78, 5) is 22.9. The van der Waals surface area contributed by atoms with Crippen LogP contribution in [0.5, 0.6) is 0 Å². The molecule has 20 heavy (non-hydrogen) atoms. The molecule has 0 saturated heterocycles. The van der Waals surface area contributed by atoms with Crippen molar-refractivity contribution in [2.45, 2.75) is 51.4 Å². The quantitative estimate of drug-likeness (QED) is 0.854. The number of hydrogen-bond acceptors (Lipinski definition) is 2. The van der Waals surface area contributed by atoms with E-state index in [0.29, 0.717) is 5.78 Å². The Morgan fingerprint density at radius 3 is 2.60 bits per heavy atom. The number of carbonyl (C=O) groups excluding carboxylic acids is 1. The SMILES string of the molecule is C[C@H](C(=O)O)c1ccc(C[C@@H]2CCCCCC2=O)cc1. The third kappa shape index (κ3) is 3.69. The summed E-state index contributed by atoms with van der Waals surface area (Å²) >= 11 is 0. The summed E-state index contributed by atoms with van der Waals surface area (Å²) in [6.07, 6.45) is 5.84. The molecule has 1 aliphatic rings. The molecule has 0 spiro atoms. The standard InChI is InChI=1S/C17H22O3/c1-12(17(19)20)14-9-7-13(8-10-14)11-15-5-3-2-4-6-16(15)18/h7-10,12,15H,2-6,11H2,1H3,(H,19,20)/t12-,15-/m0/s1. The zero-order valence-electron chi connectivity index (χ0n) is 12.0. The van der Waals surface area contributed by atoms with Crippen LogP contribution in [0.3, 0.4) is 0 Å². The van der Waals surface area contributed by atoms with Crippen LogP contribution in [0, 0.1) is 5.92 Å². The van der Waals surface area contributed by atoms with Crippen LogP contribution in [-0.4, -0.2) is 16.9 Å². The molecular formula is C17H22O3. The highest BCUT2D eigenvalue weighted by Crippen LogP contribution is 2.24. The second-order valence-corrected chi connectivity index (χ2v) is 5.77. The molecule has 0 heterocycles. The van der Waals surface area contributed by atoms with Gasteiger partial charge in [0, 0.05) is 12.3 Å². The highest BCUT2D eigenvalue weighted by molar-refractivity contribution is 5.81. The second-order valence-electron chi connectivity index (χ2n) is 5.77. The largest absolute Gasteiger partial charge is 0.481 e. The molecule has 3 heteroatoms. The lowest BCUT2D eigenvalue weighted by Gasteiger charge is -2.14. The molecule has 0 unspecified atom stereocenters. The predicted octanol–water partition coefficient (Wildman–Crippen LogP) is 3.57. The Morgan fingerprint density at radius 2 is 1.95 bits per heavy atom. The molecule has 3 nitrogen and oxygen atoms in total. The van der Waals surface area contributed by atoms with E-state index in [-0.39, 0.29) is 5.92 Å². The van der Waals surface area contributed by atoms with E-state index in [1.165, 1.54) is 0 Å². The highest BCUT2D eigenvalue weighted by Gasteiger charge is 2.21. The number of hydrogen-bond donors (Lipinski definition) is 1. The number of aliphatic carboxylic acids is 1. The van der Waals surface area contributed by atoms with E-state index >= 15 is 0 Å². The van der Waals surface area contributed by atoms with Gasteiger partial charge in [0.25, 0.3) is 0 Å². The van der Waals surface area contributed by atoms with E-state index in [1.807, 2.05) is 24.3 Å². The van der Waals surface area contributed by atoms with Gasteiger partial charge in [-0.25, -0.2) is 0 Å². The average Bonchev–Trinajstić information content (AvgIpc) is 2.64. The number of ketones is 1. The first-order valence-electron chi connectivity index (χ1n) is 7.42. The molecule has 2 rings (SSSR count). The van der Waals surface area contributed by atoms with Crippen molar-refractivity contribution < 1.29 is 14.7 Å². The molecule has 0 radical (unpaired) electrons. The Morgan fingerprint density at radius 1 is 1.25 bits per heavy atom. The van der Waals surface area contributed by atoms with Crippen LogP contribution < -0.4 is 0 Å². The van der Waals surface area contributed by atoms with E-state index in [9.17, 15) is 9.59 Å². The van der Waals surface area contributed by atoms with Gasteiger partial charge >= 0.3 is 5.97 Å². The maximum absolute atomic E-state index is 12.0. The van der Waals surface area contributed by atoms with Crippen LogP contribution in [-0.2, 0) is 16.0 Å². The highest BCUT2D eigenvalue weighted by atomic mass is 16.4. The van der Waals surface area contributed by atoms with Gasteiger partial charge in [0.2, 0.25) is 0 Å². The van der Waals surface area contributed by atoms with Gasteiger partial charge in [-0.1, -0.05) is 37.1 Å². The Bertz CT molecular complexity index is 476. The predicted molar refractivity (Wildman–Crippen MR) is 77.8 cm³/mol. The molecule has 1 aromatic carbocycles. The molecule has 1 fully saturated rings. The number of benzene rings is 1. The molecule has 1 aromatic rings. The third-order valence-corrected chi connectivity index (χ3v) is 4.26. The van der Waals surface area contributed by atoms with E-state index in [1.54, 1.807) is 6.92 Å². The van der Waals surface area contributed by atoms with Crippen LogP contribution in [0.25, 0.3) is 0 Å². The van der Waals surface area contributed by atoms with Gasteiger partial charge in [0.1, 0.15) is 5.78 Å². The maximum Gasteiger partial charge on any atom is 0.310 e. The Balaban J connectivity index is 2.03. The maximum atomic E-state index is 12.0. The van der Waals surface area contributed by atoms with Crippen molar-refractivity contribution in [3.05, 3.63) is 35.4 Å². The van der Waals surface area contributed by atoms with E-state index in [4.69, 9.17) is 5.11 Å². The zero-order chi connectivity index (χ0) is 14.5. The average molecular weight is 274 g/mol. The van der Waals surface area contributed by atoms with Crippen molar-refractivity contribution in [3.63, 3.8) is 0 Å². The summed E-state index contributed by atoms with van der Waals surface area (Å²) in [5, 5.41) is 8.99. The lowest BCUT2D eigenvalue weighted by Crippen LogP contribution is -2.15. The van der Waals surface area contributed by atoms with Crippen LogP contribution in [0.1, 0.15) is 56.1 Å². The number of rotatable bonds is 4. The summed E-state index contributed by atoms with van der Waals surface area (Å²) in [5.74, 6) is -0.744. The fourth-order valence-electron chi connectivity index (χ4n) is 2.82. The Hall–Kier alpha value is -1.64. The molecule has 0 aromatic heterocycles. The molecule has 2 atom stereocenters. The summed E-state index contributed by atoms with van der Waals surface area (Å²) in [7, 11) is 0. The minimum Gasteiger partial charge on any atom is -0.481 e.